The number of hydrogen-bond acceptors (Lipinski definition) is 4. The molecule has 0 aromatic rings. The molecule has 29 heavy (non-hydrogen) atoms. The van der Waals surface area contributed by atoms with Crippen molar-refractivity contribution < 1.29 is 0 Å². The number of likely N-dealkylation sites (tertiary alicyclic amines) is 1. The molecule has 4 nitrogen and oxygen atoms in total. The molecule has 3 heterocycles. The second kappa shape index (κ2) is 6.67. The molecule has 3 saturated heterocycles. The second-order valence-electron chi connectivity index (χ2n) is 12.6. The number of nitrogens with zero attached hydrogens (tertiary/aromatic N) is 1. The molecule has 5 aliphatic carbocycles. The lowest BCUT2D eigenvalue weighted by Crippen LogP contribution is -2.68. The third-order valence-corrected chi connectivity index (χ3v) is 11.2. The lowest BCUT2D eigenvalue weighted by atomic mass is 9.42. The van der Waals surface area contributed by atoms with Gasteiger partial charge in [0.15, 0.2) is 0 Å². The quantitative estimate of drug-likeness (QED) is 0.667. The summed E-state index contributed by atoms with van der Waals surface area (Å²) in [5.74, 6) is 4.91. The van der Waals surface area contributed by atoms with Gasteiger partial charge < -0.3 is 5.32 Å². The van der Waals surface area contributed by atoms with Crippen molar-refractivity contribution >= 4 is 0 Å². The van der Waals surface area contributed by atoms with Crippen molar-refractivity contribution in [3.63, 3.8) is 0 Å². The van der Waals surface area contributed by atoms with Crippen LogP contribution >= 0.6 is 0 Å². The van der Waals surface area contributed by atoms with Gasteiger partial charge in [-0.05, 0) is 112 Å². The van der Waals surface area contributed by atoms with Crippen LogP contribution in [0.3, 0.4) is 0 Å². The minimum atomic E-state index is 0.601. The number of piperidine rings is 1. The number of hydrazine groups is 1. The highest BCUT2D eigenvalue weighted by molar-refractivity contribution is 5.17. The SMILES string of the molecule is C1CCC2C(C1)CCN2C12CC3CC(CC(C4CNC5CNNCC5C4)(C3)C1)C2. The summed E-state index contributed by atoms with van der Waals surface area (Å²) in [5, 5.41) is 4.01. The summed E-state index contributed by atoms with van der Waals surface area (Å²) in [4.78, 5) is 3.17. The molecular formula is C25H42N4. The molecule has 8 aliphatic rings. The Kier molecular flexibility index (Phi) is 4.23. The first-order chi connectivity index (χ1) is 14.2. The zero-order chi connectivity index (χ0) is 19.1. The summed E-state index contributed by atoms with van der Waals surface area (Å²) in [6.07, 6.45) is 18.5. The van der Waals surface area contributed by atoms with Crippen LogP contribution in [0.15, 0.2) is 0 Å². The zero-order valence-corrected chi connectivity index (χ0v) is 18.3. The largest absolute Gasteiger partial charge is 0.312 e. The van der Waals surface area contributed by atoms with E-state index >= 15 is 0 Å². The van der Waals surface area contributed by atoms with Gasteiger partial charge in [-0.1, -0.05) is 12.8 Å². The molecule has 7 unspecified atom stereocenters. The van der Waals surface area contributed by atoms with Crippen LogP contribution in [0.4, 0.5) is 0 Å². The molecule has 4 bridgehead atoms. The molecule has 162 valence electrons. The van der Waals surface area contributed by atoms with Gasteiger partial charge >= 0.3 is 0 Å². The number of nitrogens with one attached hydrogen (secondary N) is 3. The van der Waals surface area contributed by atoms with Crippen LogP contribution in [-0.2, 0) is 0 Å². The summed E-state index contributed by atoms with van der Waals surface area (Å²) in [5.41, 5.74) is 8.12. The molecule has 8 fully saturated rings. The molecule has 0 radical (unpaired) electrons. The zero-order valence-electron chi connectivity index (χ0n) is 18.3. The Labute approximate surface area is 177 Å². The highest BCUT2D eigenvalue weighted by Gasteiger charge is 2.63. The number of fused-ring (bicyclic) bond motifs is 2. The van der Waals surface area contributed by atoms with E-state index in [1.807, 2.05) is 0 Å². The van der Waals surface area contributed by atoms with Crippen LogP contribution in [0.5, 0.6) is 0 Å². The van der Waals surface area contributed by atoms with Crippen molar-refractivity contribution in [2.75, 3.05) is 26.2 Å². The van der Waals surface area contributed by atoms with Crippen LogP contribution < -0.4 is 16.2 Å². The van der Waals surface area contributed by atoms with Crippen molar-refractivity contribution in [1.82, 2.24) is 21.1 Å². The van der Waals surface area contributed by atoms with Gasteiger partial charge in [-0.15, -0.1) is 0 Å². The first-order valence-electron chi connectivity index (χ1n) is 13.2. The molecule has 5 saturated carbocycles. The standard InChI is InChI=1S/C25H42N4/c1-2-4-23-19(3-1)5-6-29(23)25-11-17-7-18(12-25)10-24(9-17,16-25)21-8-20-13-27-28-15-22(20)26-14-21/h17-23,26-28H,1-16H2. The molecule has 3 aliphatic heterocycles. The van der Waals surface area contributed by atoms with Crippen molar-refractivity contribution in [2.45, 2.75) is 94.7 Å². The minimum Gasteiger partial charge on any atom is -0.312 e. The van der Waals surface area contributed by atoms with Crippen LogP contribution in [-0.4, -0.2) is 48.7 Å². The number of hydrogen-bond donors (Lipinski definition) is 3. The Morgan fingerprint density at radius 2 is 1.59 bits per heavy atom. The molecule has 4 heteroatoms. The van der Waals surface area contributed by atoms with E-state index < -0.39 is 0 Å². The van der Waals surface area contributed by atoms with Crippen molar-refractivity contribution in [1.29, 1.82) is 0 Å². The summed E-state index contributed by atoms with van der Waals surface area (Å²) in [6, 6.07) is 1.66. The molecule has 0 aromatic carbocycles. The average molecular weight is 399 g/mol. The van der Waals surface area contributed by atoms with Crippen molar-refractivity contribution in [3.05, 3.63) is 0 Å². The Balaban J connectivity index is 1.18. The fourth-order valence-corrected chi connectivity index (χ4v) is 10.5. The van der Waals surface area contributed by atoms with E-state index in [1.54, 1.807) is 38.5 Å². The smallest absolute Gasteiger partial charge is 0.0257 e. The van der Waals surface area contributed by atoms with Crippen molar-refractivity contribution in [2.24, 2.45) is 35.0 Å². The van der Waals surface area contributed by atoms with Gasteiger partial charge in [0.05, 0.1) is 0 Å². The average Bonchev–Trinajstić information content (AvgIpc) is 3.18. The Morgan fingerprint density at radius 3 is 2.48 bits per heavy atom. The monoisotopic (exact) mass is 398 g/mol. The maximum atomic E-state index is 4.01. The van der Waals surface area contributed by atoms with Gasteiger partial charge in [0.2, 0.25) is 0 Å². The minimum absolute atomic E-state index is 0.601. The molecule has 7 atom stereocenters. The van der Waals surface area contributed by atoms with E-state index in [0.717, 1.165) is 48.7 Å². The van der Waals surface area contributed by atoms with E-state index in [4.69, 9.17) is 0 Å². The van der Waals surface area contributed by atoms with E-state index in [-0.39, 0.29) is 0 Å². The van der Waals surface area contributed by atoms with Crippen molar-refractivity contribution in [3.8, 4) is 0 Å². The predicted molar refractivity (Wildman–Crippen MR) is 116 cm³/mol. The van der Waals surface area contributed by atoms with Gasteiger partial charge in [0, 0.05) is 30.7 Å². The maximum absolute atomic E-state index is 4.01. The molecule has 0 spiro atoms. The number of rotatable bonds is 2. The third-order valence-electron chi connectivity index (χ3n) is 11.2. The lowest BCUT2D eigenvalue weighted by Gasteiger charge is -2.68. The van der Waals surface area contributed by atoms with Gasteiger partial charge in [-0.25, -0.2) is 0 Å². The fraction of sp³-hybridized carbons (Fsp3) is 1.00. The molecule has 8 rings (SSSR count). The van der Waals surface area contributed by atoms with Crippen LogP contribution in [0.2, 0.25) is 0 Å². The fourth-order valence-electron chi connectivity index (χ4n) is 10.5. The van der Waals surface area contributed by atoms with Gasteiger partial charge in [-0.2, -0.15) is 0 Å². The van der Waals surface area contributed by atoms with Gasteiger partial charge in [-0.3, -0.25) is 15.8 Å². The molecular weight excluding hydrogens is 356 g/mol. The summed E-state index contributed by atoms with van der Waals surface area (Å²) in [7, 11) is 0. The Bertz CT molecular complexity index is 635. The highest BCUT2D eigenvalue weighted by atomic mass is 15.4. The topological polar surface area (TPSA) is 39.3 Å². The van der Waals surface area contributed by atoms with Crippen LogP contribution in [0, 0.1) is 35.0 Å². The predicted octanol–water partition coefficient (Wildman–Crippen LogP) is 3.29. The van der Waals surface area contributed by atoms with Crippen LogP contribution in [0.25, 0.3) is 0 Å². The summed E-state index contributed by atoms with van der Waals surface area (Å²) in [6.45, 7) is 5.01. The van der Waals surface area contributed by atoms with Crippen LogP contribution in [0.1, 0.15) is 77.0 Å². The maximum Gasteiger partial charge on any atom is 0.0257 e. The second-order valence-corrected chi connectivity index (χ2v) is 12.6. The molecule has 0 aromatic heterocycles. The first-order valence-corrected chi connectivity index (χ1v) is 13.2. The normalized spacial score (nSPS) is 56.9. The van der Waals surface area contributed by atoms with Gasteiger partial charge in [0.1, 0.15) is 0 Å². The van der Waals surface area contributed by atoms with E-state index in [1.165, 1.54) is 51.6 Å². The van der Waals surface area contributed by atoms with Gasteiger partial charge in [0.25, 0.3) is 0 Å². The van der Waals surface area contributed by atoms with E-state index in [0.29, 0.717) is 17.0 Å². The Hall–Kier alpha value is -0.160. The summed E-state index contributed by atoms with van der Waals surface area (Å²) < 4.78 is 0. The molecule has 0 amide bonds. The third kappa shape index (κ3) is 2.78. The van der Waals surface area contributed by atoms with E-state index in [2.05, 4.69) is 21.1 Å². The molecule has 3 N–H and O–H groups in total. The summed E-state index contributed by atoms with van der Waals surface area (Å²) >= 11 is 0. The Morgan fingerprint density at radius 1 is 0.759 bits per heavy atom. The van der Waals surface area contributed by atoms with E-state index in [9.17, 15) is 0 Å². The first kappa shape index (κ1) is 18.4. The lowest BCUT2D eigenvalue weighted by molar-refractivity contribution is -0.165. The highest BCUT2D eigenvalue weighted by Crippen LogP contribution is 2.67.